The molecule has 0 rings (SSSR count). The Morgan fingerprint density at radius 1 is 1.00 bits per heavy atom. The van der Waals surface area contributed by atoms with Crippen LogP contribution in [0.1, 0.15) is 40.0 Å². The van der Waals surface area contributed by atoms with Crippen LogP contribution in [0.15, 0.2) is 0 Å². The molecule has 0 saturated heterocycles. The van der Waals surface area contributed by atoms with Crippen LogP contribution >= 0.6 is 28.5 Å². The molecule has 14 heavy (non-hydrogen) atoms. The summed E-state index contributed by atoms with van der Waals surface area (Å²) < 4.78 is 17.7. The molecule has 0 spiro atoms. The summed E-state index contributed by atoms with van der Waals surface area (Å²) in [6.45, 7) is 6.85. The van der Waals surface area contributed by atoms with Gasteiger partial charge in [-0.25, -0.2) is 0 Å². The first-order valence-corrected chi connectivity index (χ1v) is 10.0. The van der Waals surface area contributed by atoms with Crippen molar-refractivity contribution in [2.75, 3.05) is 18.1 Å². The summed E-state index contributed by atoms with van der Waals surface area (Å²) in [5.41, 5.74) is 0. The van der Waals surface area contributed by atoms with Crippen LogP contribution in [0, 0.1) is 0 Å². The van der Waals surface area contributed by atoms with Crippen LogP contribution in [-0.4, -0.2) is 18.1 Å². The average molecular weight is 256 g/mol. The van der Waals surface area contributed by atoms with Gasteiger partial charge in [-0.2, -0.15) is 0 Å². The third-order valence-corrected chi connectivity index (χ3v) is 9.20. The summed E-state index contributed by atoms with van der Waals surface area (Å²) in [4.78, 5) is 0. The molecule has 0 aromatic carbocycles. The van der Waals surface area contributed by atoms with Crippen molar-refractivity contribution in [1.29, 1.82) is 0 Å². The Balaban J connectivity index is 3.97. The molecule has 0 aliphatic heterocycles. The molecule has 0 aromatic heterocycles. The monoisotopic (exact) mass is 256 g/mol. The molecule has 86 valence electrons. The molecule has 0 unspecified atom stereocenters. The summed E-state index contributed by atoms with van der Waals surface area (Å²) in [5.74, 6) is -0.579. The first-order chi connectivity index (χ1) is 6.68. The second-order valence-electron chi connectivity index (χ2n) is 2.95. The predicted molar refractivity (Wildman–Crippen MR) is 69.3 cm³/mol. The SMILES string of the molecule is CCCOP(=O)(SCCC)SCCC. The first-order valence-electron chi connectivity index (χ1n) is 5.22. The third-order valence-electron chi connectivity index (χ3n) is 1.36. The summed E-state index contributed by atoms with van der Waals surface area (Å²) >= 11 is 3.00. The van der Waals surface area contributed by atoms with Crippen molar-refractivity contribution in [2.45, 2.75) is 40.0 Å². The van der Waals surface area contributed by atoms with Crippen LogP contribution in [0.3, 0.4) is 0 Å². The Labute approximate surface area is 95.9 Å². The van der Waals surface area contributed by atoms with Gasteiger partial charge in [0.1, 0.15) is 0 Å². The van der Waals surface area contributed by atoms with Crippen molar-refractivity contribution in [3.63, 3.8) is 0 Å². The summed E-state index contributed by atoms with van der Waals surface area (Å²) in [7, 11) is 0. The topological polar surface area (TPSA) is 26.3 Å². The van der Waals surface area contributed by atoms with Crippen molar-refractivity contribution < 1.29 is 9.09 Å². The van der Waals surface area contributed by atoms with Crippen molar-refractivity contribution in [2.24, 2.45) is 0 Å². The van der Waals surface area contributed by atoms with E-state index in [2.05, 4.69) is 13.8 Å². The zero-order chi connectivity index (χ0) is 10.9. The lowest BCUT2D eigenvalue weighted by molar-refractivity contribution is 0.335. The van der Waals surface area contributed by atoms with Gasteiger partial charge in [0.2, 0.25) is 0 Å². The highest BCUT2D eigenvalue weighted by atomic mass is 33.1. The smallest absolute Gasteiger partial charge is 0.313 e. The molecule has 5 heteroatoms. The summed E-state index contributed by atoms with van der Waals surface area (Å²) in [5, 5.41) is 0. The zero-order valence-corrected chi connectivity index (χ0v) is 11.9. The van der Waals surface area contributed by atoms with Crippen LogP contribution in [0.2, 0.25) is 0 Å². The van der Waals surface area contributed by atoms with Crippen LogP contribution in [0.4, 0.5) is 0 Å². The Morgan fingerprint density at radius 2 is 1.50 bits per heavy atom. The van der Waals surface area contributed by atoms with E-state index in [0.717, 1.165) is 30.8 Å². The molecule has 0 heterocycles. The fraction of sp³-hybridized carbons (Fsp3) is 1.00. The molecule has 0 amide bonds. The summed E-state index contributed by atoms with van der Waals surface area (Å²) in [6.07, 6.45) is 3.04. The second kappa shape index (κ2) is 9.14. The van der Waals surface area contributed by atoms with E-state index in [0.29, 0.717) is 6.61 Å². The minimum Gasteiger partial charge on any atom is -0.314 e. The molecular weight excluding hydrogens is 235 g/mol. The van der Waals surface area contributed by atoms with E-state index >= 15 is 0 Å². The summed E-state index contributed by atoms with van der Waals surface area (Å²) in [6, 6.07) is 0. The second-order valence-corrected chi connectivity index (χ2v) is 10.6. The Bertz CT molecular complexity index is 148. The maximum absolute atomic E-state index is 12.2. The van der Waals surface area contributed by atoms with Gasteiger partial charge in [-0.3, -0.25) is 4.57 Å². The quantitative estimate of drug-likeness (QED) is 0.553. The molecule has 0 aromatic rings. The van der Waals surface area contributed by atoms with Gasteiger partial charge in [-0.15, -0.1) is 0 Å². The minimum absolute atomic E-state index is 0.616. The molecule has 0 bridgehead atoms. The Morgan fingerprint density at radius 3 is 1.86 bits per heavy atom. The third kappa shape index (κ3) is 7.22. The molecule has 0 atom stereocenters. The van der Waals surface area contributed by atoms with Crippen molar-refractivity contribution in [3.8, 4) is 0 Å². The molecule has 0 radical (unpaired) electrons. The van der Waals surface area contributed by atoms with Gasteiger partial charge in [0.05, 0.1) is 6.61 Å². The van der Waals surface area contributed by atoms with E-state index in [9.17, 15) is 4.57 Å². The van der Waals surface area contributed by atoms with Crippen LogP contribution < -0.4 is 0 Å². The molecular formula is C9H21O2PS2. The van der Waals surface area contributed by atoms with E-state index in [1.165, 1.54) is 22.8 Å². The van der Waals surface area contributed by atoms with Crippen LogP contribution in [0.25, 0.3) is 0 Å². The molecule has 0 N–H and O–H groups in total. The van der Waals surface area contributed by atoms with Gasteiger partial charge < -0.3 is 4.52 Å². The fourth-order valence-electron chi connectivity index (χ4n) is 0.721. The Hall–Kier alpha value is 0.890. The highest BCUT2D eigenvalue weighted by Crippen LogP contribution is 2.70. The highest BCUT2D eigenvalue weighted by Gasteiger charge is 2.23. The minimum atomic E-state index is -2.44. The Kier molecular flexibility index (Phi) is 9.72. The number of hydrogen-bond donors (Lipinski definition) is 0. The van der Waals surface area contributed by atoms with Gasteiger partial charge in [-0.1, -0.05) is 43.5 Å². The fourth-order valence-corrected chi connectivity index (χ4v) is 7.73. The van der Waals surface area contributed by atoms with Gasteiger partial charge in [0.15, 0.2) is 0 Å². The molecule has 0 saturated carbocycles. The maximum Gasteiger partial charge on any atom is 0.313 e. The van der Waals surface area contributed by atoms with Gasteiger partial charge in [0.25, 0.3) is 0 Å². The predicted octanol–water partition coefficient (Wildman–Crippen LogP) is 4.81. The molecule has 0 fully saturated rings. The highest BCUT2D eigenvalue weighted by molar-refractivity contribution is 8.89. The standard InChI is InChI=1S/C9H21O2PS2/c1-4-7-11-12(10,13-8-5-2)14-9-6-3/h4-9H2,1-3H3. The van der Waals surface area contributed by atoms with E-state index in [1.54, 1.807) is 0 Å². The number of hydrogen-bond acceptors (Lipinski definition) is 4. The molecule has 0 aliphatic carbocycles. The van der Waals surface area contributed by atoms with Crippen molar-refractivity contribution in [1.82, 2.24) is 0 Å². The van der Waals surface area contributed by atoms with E-state index in [4.69, 9.17) is 4.52 Å². The molecule has 0 aliphatic rings. The van der Waals surface area contributed by atoms with Gasteiger partial charge in [0, 0.05) is 11.5 Å². The largest absolute Gasteiger partial charge is 0.314 e. The first kappa shape index (κ1) is 14.9. The molecule has 2 nitrogen and oxygen atoms in total. The van der Waals surface area contributed by atoms with E-state index in [-0.39, 0.29) is 0 Å². The van der Waals surface area contributed by atoms with Gasteiger partial charge >= 0.3 is 5.77 Å². The lowest BCUT2D eigenvalue weighted by Gasteiger charge is -2.15. The zero-order valence-electron chi connectivity index (χ0n) is 9.32. The lowest BCUT2D eigenvalue weighted by Crippen LogP contribution is -1.88. The van der Waals surface area contributed by atoms with Gasteiger partial charge in [-0.05, 0) is 19.3 Å². The number of rotatable bonds is 9. The van der Waals surface area contributed by atoms with Crippen LogP contribution in [-0.2, 0) is 9.09 Å². The average Bonchev–Trinajstić information content (AvgIpc) is 2.21. The van der Waals surface area contributed by atoms with E-state index in [1.807, 2.05) is 6.92 Å². The maximum atomic E-state index is 12.2. The van der Waals surface area contributed by atoms with Crippen molar-refractivity contribution in [3.05, 3.63) is 0 Å². The normalized spacial score (nSPS) is 11.9. The van der Waals surface area contributed by atoms with Crippen LogP contribution in [0.5, 0.6) is 0 Å². The van der Waals surface area contributed by atoms with E-state index < -0.39 is 5.77 Å². The lowest BCUT2D eigenvalue weighted by atomic mass is 10.5. The van der Waals surface area contributed by atoms with Crippen molar-refractivity contribution >= 4 is 28.5 Å².